The molecule has 6 bridgehead atoms. The number of nitrogens with zero attached hydrogens (tertiary/aromatic N) is 4. The van der Waals surface area contributed by atoms with Gasteiger partial charge >= 0.3 is 0 Å². The number of carbonyl (C=O) groups is 1. The van der Waals surface area contributed by atoms with Crippen molar-refractivity contribution in [3.05, 3.63) is 60.3 Å². The Labute approximate surface area is 215 Å². The molecule has 1 amide bonds. The Kier molecular flexibility index (Phi) is 7.78. The van der Waals surface area contributed by atoms with Crippen LogP contribution >= 0.6 is 11.3 Å². The van der Waals surface area contributed by atoms with E-state index in [1.807, 2.05) is 41.3 Å². The van der Waals surface area contributed by atoms with Crippen LogP contribution in [0.1, 0.15) is 24.8 Å². The Bertz CT molecular complexity index is 1220. The number of thiophene rings is 1. The molecule has 0 radical (unpaired) electrons. The number of hydrogen-bond acceptors (Lipinski definition) is 8. The molecular formula is C27H31N5O3S. The maximum atomic E-state index is 12.5. The van der Waals surface area contributed by atoms with Gasteiger partial charge in [0, 0.05) is 43.6 Å². The quantitative estimate of drug-likeness (QED) is 0.516. The zero-order chi connectivity index (χ0) is 24.7. The predicted molar refractivity (Wildman–Crippen MR) is 142 cm³/mol. The maximum absolute atomic E-state index is 12.5. The third-order valence-electron chi connectivity index (χ3n) is 6.17. The first-order valence-electron chi connectivity index (χ1n) is 12.3. The van der Waals surface area contributed by atoms with Gasteiger partial charge in [0.25, 0.3) is 5.91 Å². The summed E-state index contributed by atoms with van der Waals surface area (Å²) in [4.78, 5) is 26.8. The summed E-state index contributed by atoms with van der Waals surface area (Å²) >= 11 is 1.58. The average molecular weight is 506 g/mol. The molecule has 5 rings (SSSR count). The van der Waals surface area contributed by atoms with Crippen LogP contribution < -0.4 is 14.8 Å². The number of hydrogen-bond donors (Lipinski definition) is 1. The van der Waals surface area contributed by atoms with E-state index in [-0.39, 0.29) is 12.5 Å². The third-order valence-corrected chi connectivity index (χ3v) is 7.19. The minimum atomic E-state index is 0.0440. The number of anilines is 2. The average Bonchev–Trinajstić information content (AvgIpc) is 3.58. The van der Waals surface area contributed by atoms with Crippen LogP contribution in [0.25, 0.3) is 10.6 Å². The van der Waals surface area contributed by atoms with Gasteiger partial charge in [-0.05, 0) is 62.7 Å². The second-order valence-electron chi connectivity index (χ2n) is 9.01. The number of fused-ring (bicyclic) bond motifs is 7. The number of nitrogens with one attached hydrogen (secondary N) is 1. The van der Waals surface area contributed by atoms with Crippen LogP contribution in [-0.2, 0) is 11.3 Å². The molecule has 0 aliphatic carbocycles. The van der Waals surface area contributed by atoms with Crippen molar-refractivity contribution >= 4 is 28.9 Å². The number of likely N-dealkylation sites (tertiary alicyclic amines) is 1. The van der Waals surface area contributed by atoms with E-state index in [0.717, 1.165) is 65.8 Å². The molecule has 1 saturated heterocycles. The lowest BCUT2D eigenvalue weighted by Gasteiger charge is -2.20. The van der Waals surface area contributed by atoms with Gasteiger partial charge in [0.05, 0.1) is 17.2 Å². The monoisotopic (exact) mass is 505 g/mol. The van der Waals surface area contributed by atoms with E-state index in [4.69, 9.17) is 14.5 Å². The molecule has 0 saturated carbocycles. The summed E-state index contributed by atoms with van der Waals surface area (Å²) in [7, 11) is 2.07. The number of aromatic nitrogens is 2. The zero-order valence-corrected chi connectivity index (χ0v) is 21.3. The standard InChI is InChI=1S/C27H31N5O3S/c1-31-13-3-2-6-16-34-26-10-9-24(36-26)22-11-12-28-27(30-22)29-21-7-8-23(20(17-21)18-31)35-19-25(33)32-14-4-5-15-32/h2-3,7-12,17H,4-6,13-16,18-19H2,1H3,(H,28,29,30). The molecule has 0 atom stereocenters. The summed E-state index contributed by atoms with van der Waals surface area (Å²) in [5, 5.41) is 4.21. The zero-order valence-electron chi connectivity index (χ0n) is 20.5. The molecule has 1 N–H and O–H groups in total. The van der Waals surface area contributed by atoms with Gasteiger partial charge in [-0.1, -0.05) is 23.5 Å². The summed E-state index contributed by atoms with van der Waals surface area (Å²) in [5.74, 6) is 1.28. The van der Waals surface area contributed by atoms with Crippen LogP contribution in [0.15, 0.2) is 54.7 Å². The van der Waals surface area contributed by atoms with Gasteiger partial charge < -0.3 is 19.7 Å². The molecule has 1 fully saturated rings. The van der Waals surface area contributed by atoms with Crippen molar-refractivity contribution in [3.63, 3.8) is 0 Å². The number of carbonyl (C=O) groups excluding carboxylic acids is 1. The Hall–Kier alpha value is -3.43. The van der Waals surface area contributed by atoms with E-state index in [1.165, 1.54) is 0 Å². The first kappa shape index (κ1) is 24.3. The molecule has 8 nitrogen and oxygen atoms in total. The van der Waals surface area contributed by atoms with Gasteiger partial charge in [-0.25, -0.2) is 9.97 Å². The van der Waals surface area contributed by atoms with E-state index in [9.17, 15) is 4.79 Å². The minimum Gasteiger partial charge on any atom is -0.484 e. The Morgan fingerprint density at radius 2 is 2.06 bits per heavy atom. The lowest BCUT2D eigenvalue weighted by molar-refractivity contribution is -0.132. The molecular weight excluding hydrogens is 474 g/mol. The molecule has 0 unspecified atom stereocenters. The van der Waals surface area contributed by atoms with E-state index < -0.39 is 0 Å². The number of amides is 1. The molecule has 2 aromatic heterocycles. The SMILES string of the molecule is CN1CC=CCCOc2ccc(s2)-c2ccnc(n2)Nc2ccc(OCC(=O)N3CCCC3)c(c2)C1. The van der Waals surface area contributed by atoms with E-state index in [0.29, 0.717) is 24.8 Å². The second-order valence-corrected chi connectivity index (χ2v) is 10.1. The van der Waals surface area contributed by atoms with Crippen LogP contribution in [0.4, 0.5) is 11.6 Å². The molecule has 4 heterocycles. The van der Waals surface area contributed by atoms with E-state index in [1.54, 1.807) is 17.5 Å². The van der Waals surface area contributed by atoms with Crippen LogP contribution in [0.5, 0.6) is 10.8 Å². The van der Waals surface area contributed by atoms with Crippen molar-refractivity contribution < 1.29 is 14.3 Å². The van der Waals surface area contributed by atoms with Crippen molar-refractivity contribution in [1.82, 2.24) is 19.8 Å². The Balaban J connectivity index is 1.39. The summed E-state index contributed by atoms with van der Waals surface area (Å²) in [6.45, 7) is 3.78. The van der Waals surface area contributed by atoms with Gasteiger partial charge in [-0.3, -0.25) is 9.69 Å². The normalized spacial score (nSPS) is 16.5. The summed E-state index contributed by atoms with van der Waals surface area (Å²) in [5.41, 5.74) is 2.70. The van der Waals surface area contributed by atoms with Crippen molar-refractivity contribution in [2.24, 2.45) is 0 Å². The number of benzene rings is 1. The number of likely N-dealkylation sites (N-methyl/N-ethyl adjacent to an activating group) is 1. The molecule has 2 aliphatic heterocycles. The molecule has 188 valence electrons. The molecule has 1 aromatic carbocycles. The lowest BCUT2D eigenvalue weighted by Crippen LogP contribution is -2.32. The molecule has 9 heteroatoms. The Morgan fingerprint density at radius 1 is 1.17 bits per heavy atom. The van der Waals surface area contributed by atoms with Crippen molar-refractivity contribution in [3.8, 4) is 21.4 Å². The van der Waals surface area contributed by atoms with Gasteiger partial charge in [0.2, 0.25) is 5.95 Å². The lowest BCUT2D eigenvalue weighted by atomic mass is 10.1. The van der Waals surface area contributed by atoms with Crippen LogP contribution in [0.3, 0.4) is 0 Å². The topological polar surface area (TPSA) is 79.8 Å². The Morgan fingerprint density at radius 3 is 2.94 bits per heavy atom. The number of rotatable bonds is 3. The van der Waals surface area contributed by atoms with Crippen LogP contribution in [0.2, 0.25) is 0 Å². The third kappa shape index (κ3) is 6.22. The first-order valence-corrected chi connectivity index (χ1v) is 13.2. The molecule has 0 spiro atoms. The van der Waals surface area contributed by atoms with Crippen molar-refractivity contribution in [2.45, 2.75) is 25.8 Å². The van der Waals surface area contributed by atoms with E-state index in [2.05, 4.69) is 34.4 Å². The fraction of sp³-hybridized carbons (Fsp3) is 0.370. The summed E-state index contributed by atoms with van der Waals surface area (Å²) in [6, 6.07) is 11.8. The fourth-order valence-electron chi connectivity index (χ4n) is 4.29. The smallest absolute Gasteiger partial charge is 0.260 e. The van der Waals surface area contributed by atoms with E-state index >= 15 is 0 Å². The molecule has 2 aliphatic rings. The molecule has 3 aromatic rings. The summed E-state index contributed by atoms with van der Waals surface area (Å²) in [6.07, 6.45) is 9.03. The predicted octanol–water partition coefficient (Wildman–Crippen LogP) is 4.72. The van der Waals surface area contributed by atoms with Crippen molar-refractivity contribution in [1.29, 1.82) is 0 Å². The second kappa shape index (κ2) is 11.5. The fourth-order valence-corrected chi connectivity index (χ4v) is 5.14. The van der Waals surface area contributed by atoms with Gasteiger partial charge in [0.15, 0.2) is 11.7 Å². The highest BCUT2D eigenvalue weighted by Gasteiger charge is 2.19. The van der Waals surface area contributed by atoms with Crippen LogP contribution in [-0.4, -0.2) is 65.6 Å². The number of ether oxygens (including phenoxy) is 2. The van der Waals surface area contributed by atoms with Gasteiger partial charge in [-0.15, -0.1) is 0 Å². The highest BCUT2D eigenvalue weighted by molar-refractivity contribution is 7.17. The highest BCUT2D eigenvalue weighted by atomic mass is 32.1. The maximum Gasteiger partial charge on any atom is 0.260 e. The van der Waals surface area contributed by atoms with Gasteiger partial charge in [-0.2, -0.15) is 0 Å². The minimum absolute atomic E-state index is 0.0440. The molecule has 36 heavy (non-hydrogen) atoms. The van der Waals surface area contributed by atoms with Gasteiger partial charge in [0.1, 0.15) is 5.75 Å². The highest BCUT2D eigenvalue weighted by Crippen LogP contribution is 2.33. The first-order chi connectivity index (χ1) is 17.6. The summed E-state index contributed by atoms with van der Waals surface area (Å²) < 4.78 is 11.9. The van der Waals surface area contributed by atoms with Crippen LogP contribution in [0, 0.1) is 0 Å². The largest absolute Gasteiger partial charge is 0.484 e. The van der Waals surface area contributed by atoms with Crippen molar-refractivity contribution in [2.75, 3.05) is 45.2 Å².